The van der Waals surface area contributed by atoms with Gasteiger partial charge >= 0.3 is 0 Å². The molecule has 0 aliphatic carbocycles. The second-order valence-corrected chi connectivity index (χ2v) is 7.87. The fraction of sp³-hybridized carbons (Fsp3) is 0.400. The van der Waals surface area contributed by atoms with Gasteiger partial charge in [0.15, 0.2) is 0 Å². The van der Waals surface area contributed by atoms with E-state index in [1.807, 2.05) is 0 Å². The lowest BCUT2D eigenvalue weighted by Crippen LogP contribution is -2.52. The standard InChI is InChI=1S/C25H28N4O4/c30-23-9-8-22(24(31)27-23)29-16-20-19(25(29)32)2-1-3-21(20)26-14-17-4-6-18(7-5-17)15-28-10-12-33-13-11-28/h1-7,22,26H,8-16H2,(H,27,30,31)/t22-/m1/s1/i8D2,9D2,15D2,22D. The summed E-state index contributed by atoms with van der Waals surface area (Å²) in [5.41, 5.74) is 2.37. The van der Waals surface area contributed by atoms with Gasteiger partial charge in [-0.1, -0.05) is 30.3 Å². The van der Waals surface area contributed by atoms with E-state index in [4.69, 9.17) is 14.3 Å². The molecule has 0 spiro atoms. The molecular formula is C25H28N4O4. The van der Waals surface area contributed by atoms with E-state index in [1.54, 1.807) is 46.6 Å². The van der Waals surface area contributed by atoms with Gasteiger partial charge in [0.2, 0.25) is 11.8 Å². The normalized spacial score (nSPS) is 30.0. The number of amides is 3. The molecule has 3 amide bonds. The highest BCUT2D eigenvalue weighted by Gasteiger charge is 2.39. The molecule has 2 aromatic carbocycles. The predicted molar refractivity (Wildman–Crippen MR) is 122 cm³/mol. The van der Waals surface area contributed by atoms with Gasteiger partial charge in [-0.3, -0.25) is 24.6 Å². The number of carbonyl (C=O) groups is 3. The van der Waals surface area contributed by atoms with Crippen molar-refractivity contribution in [2.24, 2.45) is 0 Å². The van der Waals surface area contributed by atoms with Crippen LogP contribution in [-0.4, -0.2) is 59.8 Å². The lowest BCUT2D eigenvalue weighted by Gasteiger charge is -2.29. The van der Waals surface area contributed by atoms with Crippen LogP contribution in [0.25, 0.3) is 0 Å². The highest BCUT2D eigenvalue weighted by atomic mass is 16.5. The Morgan fingerprint density at radius 1 is 1.12 bits per heavy atom. The number of rotatable bonds is 6. The molecule has 0 unspecified atom stereocenters. The van der Waals surface area contributed by atoms with Gasteiger partial charge < -0.3 is 15.0 Å². The van der Waals surface area contributed by atoms with E-state index >= 15 is 0 Å². The first-order valence-corrected chi connectivity index (χ1v) is 10.7. The van der Waals surface area contributed by atoms with E-state index in [0.29, 0.717) is 54.6 Å². The second-order valence-electron chi connectivity index (χ2n) is 7.87. The minimum atomic E-state index is -3.33. The summed E-state index contributed by atoms with van der Waals surface area (Å²) in [5, 5.41) is 4.92. The number of piperidine rings is 1. The summed E-state index contributed by atoms with van der Waals surface area (Å²) in [5.74, 6) is -3.74. The van der Waals surface area contributed by atoms with Crippen molar-refractivity contribution in [3.05, 3.63) is 64.7 Å². The fourth-order valence-electron chi connectivity index (χ4n) is 3.99. The molecule has 0 saturated carbocycles. The third-order valence-corrected chi connectivity index (χ3v) is 5.71. The Labute approximate surface area is 202 Å². The van der Waals surface area contributed by atoms with Gasteiger partial charge in [-0.05, 0) is 29.6 Å². The van der Waals surface area contributed by atoms with Crippen molar-refractivity contribution in [1.29, 1.82) is 0 Å². The molecule has 8 heteroatoms. The van der Waals surface area contributed by atoms with Crippen LogP contribution >= 0.6 is 0 Å². The Bertz CT molecular complexity index is 1370. The first-order chi connectivity index (χ1) is 18.7. The molecule has 0 radical (unpaired) electrons. The molecule has 2 aromatic rings. The Morgan fingerprint density at radius 3 is 2.67 bits per heavy atom. The van der Waals surface area contributed by atoms with E-state index in [-0.39, 0.29) is 12.1 Å². The average molecular weight is 456 g/mol. The van der Waals surface area contributed by atoms with E-state index in [1.165, 1.54) is 6.07 Å². The molecule has 0 bridgehead atoms. The number of benzene rings is 2. The summed E-state index contributed by atoms with van der Waals surface area (Å²) < 4.78 is 63.4. The smallest absolute Gasteiger partial charge is 0.255 e. The molecule has 2 fully saturated rings. The van der Waals surface area contributed by atoms with Gasteiger partial charge in [0.25, 0.3) is 5.91 Å². The lowest BCUT2D eigenvalue weighted by atomic mass is 10.0. The zero-order chi connectivity index (χ0) is 29.1. The van der Waals surface area contributed by atoms with Crippen molar-refractivity contribution in [1.82, 2.24) is 15.1 Å². The van der Waals surface area contributed by atoms with Crippen molar-refractivity contribution >= 4 is 23.4 Å². The van der Waals surface area contributed by atoms with E-state index in [9.17, 15) is 14.4 Å². The summed E-state index contributed by atoms with van der Waals surface area (Å²) in [6, 6.07) is 8.75. The van der Waals surface area contributed by atoms with E-state index in [2.05, 4.69) is 5.32 Å². The number of anilines is 1. The summed E-state index contributed by atoms with van der Waals surface area (Å²) in [6.07, 6.45) is -6.57. The summed E-state index contributed by atoms with van der Waals surface area (Å²) >= 11 is 0. The molecule has 8 nitrogen and oxygen atoms in total. The van der Waals surface area contributed by atoms with Gasteiger partial charge in [0.05, 0.1) is 14.6 Å². The number of morpholine rings is 1. The Balaban J connectivity index is 1.35. The lowest BCUT2D eigenvalue weighted by molar-refractivity contribution is -0.136. The van der Waals surface area contributed by atoms with Crippen molar-refractivity contribution in [3.8, 4) is 0 Å². The number of hydrogen-bond acceptors (Lipinski definition) is 6. The van der Waals surface area contributed by atoms with Crippen LogP contribution in [-0.2, 0) is 33.9 Å². The fourth-order valence-corrected chi connectivity index (χ4v) is 3.99. The van der Waals surface area contributed by atoms with Crippen LogP contribution in [0.1, 0.15) is 49.4 Å². The molecule has 0 aromatic heterocycles. The van der Waals surface area contributed by atoms with E-state index in [0.717, 1.165) is 5.56 Å². The minimum absolute atomic E-state index is 0.131. The van der Waals surface area contributed by atoms with Crippen molar-refractivity contribution in [2.75, 3.05) is 31.6 Å². The third kappa shape index (κ3) is 4.62. The van der Waals surface area contributed by atoms with Gasteiger partial charge in [0.1, 0.15) is 6.02 Å². The van der Waals surface area contributed by atoms with E-state index < -0.39 is 43.0 Å². The SMILES string of the molecule is [2H]C([2H])(c1ccc(CNc2cccc3c2CN([C@@]2([2H])C(=O)NC(=O)C([2H])([2H])C2([2H])[2H])C3=O)cc1)N1CCOCC1. The molecule has 3 heterocycles. The summed E-state index contributed by atoms with van der Waals surface area (Å²) in [4.78, 5) is 40.4. The van der Waals surface area contributed by atoms with Gasteiger partial charge in [-0.2, -0.15) is 0 Å². The van der Waals surface area contributed by atoms with Crippen molar-refractivity contribution in [2.45, 2.75) is 38.4 Å². The second kappa shape index (κ2) is 9.33. The zero-order valence-electron chi connectivity index (χ0n) is 24.8. The maximum absolute atomic E-state index is 13.3. The van der Waals surface area contributed by atoms with Gasteiger partial charge in [0, 0.05) is 64.1 Å². The molecule has 1 atom stereocenters. The monoisotopic (exact) mass is 455 g/mol. The number of fused-ring (bicyclic) bond motifs is 1. The van der Waals surface area contributed by atoms with Crippen LogP contribution in [0, 0.1) is 0 Å². The maximum Gasteiger partial charge on any atom is 0.255 e. The topological polar surface area (TPSA) is 91.0 Å². The number of hydrogen-bond donors (Lipinski definition) is 2. The first kappa shape index (κ1) is 14.8. The van der Waals surface area contributed by atoms with Crippen LogP contribution in [0.5, 0.6) is 0 Å². The predicted octanol–water partition coefficient (Wildman–Crippen LogP) is 1.89. The highest BCUT2D eigenvalue weighted by molar-refractivity contribution is 6.06. The maximum atomic E-state index is 13.3. The van der Waals surface area contributed by atoms with Crippen molar-refractivity contribution < 1.29 is 28.7 Å². The molecule has 5 rings (SSSR count). The van der Waals surface area contributed by atoms with Crippen LogP contribution in [0.15, 0.2) is 42.5 Å². The summed E-state index contributed by atoms with van der Waals surface area (Å²) in [6.45, 7) is 0.244. The number of imide groups is 1. The Kier molecular flexibility index (Phi) is 4.19. The largest absolute Gasteiger partial charge is 0.381 e. The highest BCUT2D eigenvalue weighted by Crippen LogP contribution is 2.32. The average Bonchev–Trinajstić information content (AvgIpc) is 3.28. The zero-order valence-corrected chi connectivity index (χ0v) is 17.8. The van der Waals surface area contributed by atoms with Crippen molar-refractivity contribution in [3.63, 3.8) is 0 Å². The minimum Gasteiger partial charge on any atom is -0.381 e. The summed E-state index contributed by atoms with van der Waals surface area (Å²) in [7, 11) is 0. The van der Waals surface area contributed by atoms with Crippen LogP contribution in [0.4, 0.5) is 5.69 Å². The number of nitrogens with zero attached hydrogens (tertiary/aromatic N) is 2. The Hall–Kier alpha value is -3.23. The molecule has 2 saturated heterocycles. The number of ether oxygens (including phenoxy) is 1. The third-order valence-electron chi connectivity index (χ3n) is 5.71. The van der Waals surface area contributed by atoms with Crippen LogP contribution in [0.2, 0.25) is 0 Å². The molecular weight excluding hydrogens is 420 g/mol. The van der Waals surface area contributed by atoms with Gasteiger partial charge in [-0.15, -0.1) is 0 Å². The Morgan fingerprint density at radius 2 is 1.88 bits per heavy atom. The first-order valence-electron chi connectivity index (χ1n) is 14.2. The quantitative estimate of drug-likeness (QED) is 0.647. The number of nitrogens with one attached hydrogen (secondary N) is 2. The van der Waals surface area contributed by atoms with Gasteiger partial charge in [-0.25, -0.2) is 0 Å². The van der Waals surface area contributed by atoms with Crippen LogP contribution in [0.3, 0.4) is 0 Å². The molecule has 3 aliphatic rings. The van der Waals surface area contributed by atoms with Crippen LogP contribution < -0.4 is 10.6 Å². The number of carbonyl (C=O) groups excluding carboxylic acids is 3. The molecule has 3 aliphatic heterocycles. The molecule has 33 heavy (non-hydrogen) atoms. The molecule has 2 N–H and O–H groups in total. The molecule has 172 valence electrons.